The Kier molecular flexibility index (Phi) is 3.48. The Labute approximate surface area is 107 Å². The molecule has 0 amide bonds. The van der Waals surface area contributed by atoms with E-state index in [1.165, 1.54) is 17.7 Å². The molecule has 0 spiro atoms. The molecule has 0 aliphatic heterocycles. The van der Waals surface area contributed by atoms with Crippen molar-refractivity contribution in [3.05, 3.63) is 71.0 Å². The van der Waals surface area contributed by atoms with Gasteiger partial charge in [0.25, 0.3) is 0 Å². The number of benzene rings is 2. The molecule has 1 nitrogen and oxygen atoms in total. The molecule has 2 heteroatoms. The molecule has 0 radical (unpaired) electrons. The molecule has 0 aliphatic carbocycles. The fraction of sp³-hybridized carbons (Fsp3) is 0.250. The number of rotatable bonds is 3. The van der Waals surface area contributed by atoms with E-state index in [0.29, 0.717) is 6.42 Å². The van der Waals surface area contributed by atoms with E-state index in [0.717, 1.165) is 11.1 Å². The van der Waals surface area contributed by atoms with E-state index in [1.54, 1.807) is 12.1 Å². The van der Waals surface area contributed by atoms with Gasteiger partial charge in [0.15, 0.2) is 0 Å². The van der Waals surface area contributed by atoms with Crippen LogP contribution in [0.15, 0.2) is 48.5 Å². The lowest BCUT2D eigenvalue weighted by Crippen LogP contribution is -2.36. The number of hydrogen-bond donors (Lipinski definition) is 1. The van der Waals surface area contributed by atoms with Crippen LogP contribution in [0.2, 0.25) is 0 Å². The summed E-state index contributed by atoms with van der Waals surface area (Å²) in [5, 5.41) is 0. The van der Waals surface area contributed by atoms with Crippen molar-refractivity contribution in [1.29, 1.82) is 0 Å². The monoisotopic (exact) mass is 243 g/mol. The first-order valence-corrected chi connectivity index (χ1v) is 6.08. The maximum absolute atomic E-state index is 12.9. The summed E-state index contributed by atoms with van der Waals surface area (Å²) in [6.45, 7) is 4.07. The average molecular weight is 243 g/mol. The Morgan fingerprint density at radius 1 is 1.06 bits per heavy atom. The predicted molar refractivity (Wildman–Crippen MR) is 72.8 cm³/mol. The Bertz CT molecular complexity index is 529. The normalized spacial score (nSPS) is 14.2. The zero-order chi connectivity index (χ0) is 13.2. The molecule has 2 aromatic rings. The van der Waals surface area contributed by atoms with Crippen molar-refractivity contribution in [3.8, 4) is 0 Å². The van der Waals surface area contributed by atoms with E-state index < -0.39 is 5.54 Å². The summed E-state index contributed by atoms with van der Waals surface area (Å²) in [7, 11) is 0. The van der Waals surface area contributed by atoms with Gasteiger partial charge in [-0.3, -0.25) is 0 Å². The van der Waals surface area contributed by atoms with Crippen molar-refractivity contribution in [2.24, 2.45) is 5.73 Å². The third-order valence-corrected chi connectivity index (χ3v) is 3.24. The number of aryl methyl sites for hydroxylation is 1. The molecule has 0 saturated carbocycles. The van der Waals surface area contributed by atoms with Gasteiger partial charge in [0.05, 0.1) is 0 Å². The highest BCUT2D eigenvalue weighted by Gasteiger charge is 2.23. The van der Waals surface area contributed by atoms with Gasteiger partial charge in [-0.1, -0.05) is 36.4 Å². The molecule has 0 bridgehead atoms. The van der Waals surface area contributed by atoms with Crippen LogP contribution in [0.3, 0.4) is 0 Å². The van der Waals surface area contributed by atoms with Crippen molar-refractivity contribution in [3.63, 3.8) is 0 Å². The van der Waals surface area contributed by atoms with Crippen LogP contribution in [-0.2, 0) is 12.0 Å². The first-order chi connectivity index (χ1) is 8.49. The van der Waals surface area contributed by atoms with Crippen LogP contribution in [0, 0.1) is 12.7 Å². The highest BCUT2D eigenvalue weighted by molar-refractivity contribution is 5.34. The van der Waals surface area contributed by atoms with E-state index in [1.807, 2.05) is 19.1 Å². The molecule has 1 unspecified atom stereocenters. The van der Waals surface area contributed by atoms with Gasteiger partial charge < -0.3 is 5.73 Å². The maximum Gasteiger partial charge on any atom is 0.123 e. The minimum Gasteiger partial charge on any atom is -0.321 e. The Balaban J connectivity index is 2.27. The van der Waals surface area contributed by atoms with Gasteiger partial charge in [-0.25, -0.2) is 4.39 Å². The van der Waals surface area contributed by atoms with E-state index in [2.05, 4.69) is 19.1 Å². The summed E-state index contributed by atoms with van der Waals surface area (Å²) in [5.41, 5.74) is 9.34. The van der Waals surface area contributed by atoms with Crippen LogP contribution in [0.1, 0.15) is 23.6 Å². The van der Waals surface area contributed by atoms with E-state index in [9.17, 15) is 4.39 Å². The fourth-order valence-electron chi connectivity index (χ4n) is 2.34. The largest absolute Gasteiger partial charge is 0.321 e. The maximum atomic E-state index is 12.9. The van der Waals surface area contributed by atoms with Gasteiger partial charge in [-0.05, 0) is 49.1 Å². The molecular weight excluding hydrogens is 225 g/mol. The molecule has 1 atom stereocenters. The smallest absolute Gasteiger partial charge is 0.123 e. The van der Waals surface area contributed by atoms with Gasteiger partial charge in [-0.15, -0.1) is 0 Å². The van der Waals surface area contributed by atoms with Crippen LogP contribution < -0.4 is 5.73 Å². The number of hydrogen-bond acceptors (Lipinski definition) is 1. The third-order valence-electron chi connectivity index (χ3n) is 3.24. The van der Waals surface area contributed by atoms with Crippen LogP contribution in [0.5, 0.6) is 0 Å². The second kappa shape index (κ2) is 4.91. The van der Waals surface area contributed by atoms with Gasteiger partial charge in [-0.2, -0.15) is 0 Å². The minimum atomic E-state index is -0.441. The Morgan fingerprint density at radius 2 is 1.67 bits per heavy atom. The van der Waals surface area contributed by atoms with Crippen molar-refractivity contribution >= 4 is 0 Å². The van der Waals surface area contributed by atoms with Crippen LogP contribution in [0.25, 0.3) is 0 Å². The first-order valence-electron chi connectivity index (χ1n) is 6.08. The van der Waals surface area contributed by atoms with E-state index >= 15 is 0 Å². The lowest BCUT2D eigenvalue weighted by molar-refractivity contribution is 0.488. The standard InChI is InChI=1S/C16H18FN/c1-12-5-3-4-6-15(12)16(2,18)11-13-7-9-14(17)10-8-13/h3-10H,11,18H2,1-2H3. The van der Waals surface area contributed by atoms with Gasteiger partial charge in [0.1, 0.15) is 5.82 Å². The van der Waals surface area contributed by atoms with E-state index in [-0.39, 0.29) is 5.82 Å². The molecule has 2 rings (SSSR count). The molecule has 2 N–H and O–H groups in total. The summed E-state index contributed by atoms with van der Waals surface area (Å²) in [5.74, 6) is -0.214. The minimum absolute atomic E-state index is 0.214. The molecule has 0 saturated heterocycles. The fourth-order valence-corrected chi connectivity index (χ4v) is 2.34. The van der Waals surface area contributed by atoms with Crippen LogP contribution >= 0.6 is 0 Å². The molecule has 0 aliphatic rings. The highest BCUT2D eigenvalue weighted by atomic mass is 19.1. The van der Waals surface area contributed by atoms with Crippen molar-refractivity contribution < 1.29 is 4.39 Å². The molecule has 0 fully saturated rings. The molecule has 94 valence electrons. The lowest BCUT2D eigenvalue weighted by Gasteiger charge is -2.27. The third kappa shape index (κ3) is 2.77. The topological polar surface area (TPSA) is 26.0 Å². The average Bonchev–Trinajstić information content (AvgIpc) is 2.32. The quantitative estimate of drug-likeness (QED) is 0.876. The molecule has 0 aromatic heterocycles. The Morgan fingerprint density at radius 3 is 2.28 bits per heavy atom. The molecular formula is C16H18FN. The molecule has 2 aromatic carbocycles. The predicted octanol–water partition coefficient (Wildman–Crippen LogP) is 3.55. The molecule has 18 heavy (non-hydrogen) atoms. The molecule has 0 heterocycles. The number of halogens is 1. The van der Waals surface area contributed by atoms with Gasteiger partial charge >= 0.3 is 0 Å². The zero-order valence-electron chi connectivity index (χ0n) is 10.8. The summed E-state index contributed by atoms with van der Waals surface area (Å²) >= 11 is 0. The SMILES string of the molecule is Cc1ccccc1C(C)(N)Cc1ccc(F)cc1. The van der Waals surface area contributed by atoms with E-state index in [4.69, 9.17) is 5.73 Å². The lowest BCUT2D eigenvalue weighted by atomic mass is 9.84. The van der Waals surface area contributed by atoms with Crippen molar-refractivity contribution in [2.45, 2.75) is 25.8 Å². The number of nitrogens with two attached hydrogens (primary N) is 1. The van der Waals surface area contributed by atoms with Gasteiger partial charge in [0, 0.05) is 5.54 Å². The zero-order valence-corrected chi connectivity index (χ0v) is 10.8. The highest BCUT2D eigenvalue weighted by Crippen LogP contribution is 2.25. The van der Waals surface area contributed by atoms with Crippen LogP contribution in [-0.4, -0.2) is 0 Å². The summed E-state index contributed by atoms with van der Waals surface area (Å²) in [4.78, 5) is 0. The summed E-state index contributed by atoms with van der Waals surface area (Å²) in [6.07, 6.45) is 0.693. The summed E-state index contributed by atoms with van der Waals surface area (Å²) < 4.78 is 12.9. The Hall–Kier alpha value is -1.67. The summed E-state index contributed by atoms with van der Waals surface area (Å²) in [6, 6.07) is 14.7. The first kappa shape index (κ1) is 12.8. The van der Waals surface area contributed by atoms with Crippen LogP contribution in [0.4, 0.5) is 4.39 Å². The second-order valence-electron chi connectivity index (χ2n) is 5.04. The van der Waals surface area contributed by atoms with Crippen molar-refractivity contribution in [1.82, 2.24) is 0 Å². The van der Waals surface area contributed by atoms with Crippen molar-refractivity contribution in [2.75, 3.05) is 0 Å². The van der Waals surface area contributed by atoms with Gasteiger partial charge in [0.2, 0.25) is 0 Å². The second-order valence-corrected chi connectivity index (χ2v) is 5.04.